The van der Waals surface area contributed by atoms with Crippen LogP contribution in [0.5, 0.6) is 5.75 Å². The zero-order valence-electron chi connectivity index (χ0n) is 24.1. The van der Waals surface area contributed by atoms with Crippen LogP contribution < -0.4 is 10.6 Å². The van der Waals surface area contributed by atoms with Gasteiger partial charge in [-0.15, -0.1) is 0 Å². The monoisotopic (exact) mass is 580 g/mol. The van der Waals surface area contributed by atoms with E-state index in [4.69, 9.17) is 9.47 Å². The fourth-order valence-electron chi connectivity index (χ4n) is 4.72. The maximum atomic E-state index is 13.4. The number of dihydropyridines is 1. The van der Waals surface area contributed by atoms with Gasteiger partial charge in [0.15, 0.2) is 0 Å². The van der Waals surface area contributed by atoms with Crippen LogP contribution in [0.2, 0.25) is 0 Å². The molecule has 0 saturated heterocycles. The Morgan fingerprint density at radius 3 is 2.19 bits per heavy atom. The molecule has 1 amide bonds. The predicted molar refractivity (Wildman–Crippen MR) is 155 cm³/mol. The van der Waals surface area contributed by atoms with E-state index < -0.39 is 28.7 Å². The van der Waals surface area contributed by atoms with Crippen LogP contribution in [0.15, 0.2) is 71.1 Å². The van der Waals surface area contributed by atoms with Crippen molar-refractivity contribution < 1.29 is 33.9 Å². The number of benzene rings is 2. The minimum absolute atomic E-state index is 0.0464. The van der Waals surface area contributed by atoms with Crippen molar-refractivity contribution in [3.63, 3.8) is 0 Å². The van der Waals surface area contributed by atoms with Gasteiger partial charge in [0.1, 0.15) is 19.0 Å². The van der Waals surface area contributed by atoms with E-state index in [0.29, 0.717) is 23.5 Å². The van der Waals surface area contributed by atoms with Crippen molar-refractivity contribution in [1.82, 2.24) is 15.5 Å². The first-order chi connectivity index (χ1) is 20.1. The van der Waals surface area contributed by atoms with Crippen molar-refractivity contribution in [2.75, 3.05) is 39.4 Å². The zero-order valence-corrected chi connectivity index (χ0v) is 24.1. The lowest BCUT2D eigenvalue weighted by molar-refractivity contribution is -0.384. The molecule has 12 heteroatoms. The van der Waals surface area contributed by atoms with Crippen LogP contribution in [0.1, 0.15) is 49.5 Å². The first-order valence-corrected chi connectivity index (χ1v) is 13.6. The topological polar surface area (TPSA) is 160 Å². The number of nitro groups is 1. The molecule has 12 nitrogen and oxygen atoms in total. The van der Waals surface area contributed by atoms with Crippen LogP contribution in [0.4, 0.5) is 5.69 Å². The lowest BCUT2D eigenvalue weighted by Crippen LogP contribution is -2.34. The van der Waals surface area contributed by atoms with Gasteiger partial charge in [-0.2, -0.15) is 0 Å². The number of allylic oxidation sites excluding steroid dienone is 2. The van der Waals surface area contributed by atoms with E-state index in [-0.39, 0.29) is 47.9 Å². The van der Waals surface area contributed by atoms with E-state index in [2.05, 4.69) is 15.5 Å². The molecule has 0 aromatic heterocycles. The Bertz CT molecular complexity index is 1400. The fraction of sp³-hybridized carbons (Fsp3) is 0.367. The number of non-ortho nitro benzene ring substituents is 1. The summed E-state index contributed by atoms with van der Waals surface area (Å²) in [4.78, 5) is 52.3. The second kappa shape index (κ2) is 14.8. The highest BCUT2D eigenvalue weighted by Gasteiger charge is 2.38. The third-order valence-corrected chi connectivity index (χ3v) is 6.92. The number of rotatable bonds is 13. The van der Waals surface area contributed by atoms with Gasteiger partial charge in [0, 0.05) is 30.1 Å². The minimum atomic E-state index is -1.00. The van der Waals surface area contributed by atoms with Crippen LogP contribution in [-0.4, -0.2) is 72.2 Å². The molecule has 1 heterocycles. The number of ether oxygens (including phenoxy) is 2. The van der Waals surface area contributed by atoms with Crippen molar-refractivity contribution >= 4 is 23.5 Å². The molecule has 3 N–H and O–H groups in total. The number of hydrogen-bond donors (Lipinski definition) is 3. The smallest absolute Gasteiger partial charge is 0.336 e. The molecule has 0 bridgehead atoms. The average Bonchev–Trinajstić information content (AvgIpc) is 2.97. The summed E-state index contributed by atoms with van der Waals surface area (Å²) in [5.74, 6) is -3.15. The van der Waals surface area contributed by atoms with Gasteiger partial charge in [0.25, 0.3) is 11.6 Å². The van der Waals surface area contributed by atoms with Gasteiger partial charge in [0.2, 0.25) is 0 Å². The Balaban J connectivity index is 1.83. The van der Waals surface area contributed by atoms with Gasteiger partial charge < -0.3 is 30.1 Å². The number of para-hydroxylation sites is 1. The largest absolute Gasteiger partial charge is 0.507 e. The minimum Gasteiger partial charge on any atom is -0.507 e. The molecule has 0 spiro atoms. The van der Waals surface area contributed by atoms with Crippen molar-refractivity contribution in [1.29, 1.82) is 0 Å². The molecule has 1 aliphatic heterocycles. The van der Waals surface area contributed by atoms with Crippen LogP contribution >= 0.6 is 0 Å². The van der Waals surface area contributed by atoms with E-state index in [1.165, 1.54) is 30.3 Å². The molecule has 0 aliphatic carbocycles. The molecule has 1 atom stereocenters. The number of amides is 1. The summed E-state index contributed by atoms with van der Waals surface area (Å²) < 4.78 is 11.1. The molecule has 1 unspecified atom stereocenters. The summed E-state index contributed by atoms with van der Waals surface area (Å²) in [5.41, 5.74) is 1.31. The standard InChI is InChI=1S/C30H36N4O8/c1-5-33(6-2)15-17-42-30(38)26-20(4)32-19(3)25(27(26)21-10-9-11-22(18-21)34(39)40)29(37)41-16-14-31-28(36)23-12-7-8-13-24(23)35/h7-13,18,27,32,35H,5-6,14-17H2,1-4H3,(H,31,36). The van der Waals surface area contributed by atoms with Gasteiger partial charge in [0.05, 0.1) is 34.1 Å². The highest BCUT2D eigenvalue weighted by atomic mass is 16.6. The van der Waals surface area contributed by atoms with Gasteiger partial charge in [-0.05, 0) is 44.6 Å². The lowest BCUT2D eigenvalue weighted by Gasteiger charge is -2.30. The third kappa shape index (κ3) is 7.72. The highest BCUT2D eigenvalue weighted by molar-refractivity contribution is 6.00. The summed E-state index contributed by atoms with van der Waals surface area (Å²) in [5, 5.41) is 27.0. The van der Waals surface area contributed by atoms with Gasteiger partial charge >= 0.3 is 11.9 Å². The van der Waals surface area contributed by atoms with E-state index in [0.717, 1.165) is 13.1 Å². The molecule has 1 aliphatic rings. The molecule has 0 radical (unpaired) electrons. The number of likely N-dealkylation sites (N-methyl/N-ethyl adjacent to an activating group) is 1. The van der Waals surface area contributed by atoms with E-state index in [9.17, 15) is 29.6 Å². The van der Waals surface area contributed by atoms with Crippen molar-refractivity contribution in [2.24, 2.45) is 0 Å². The molecule has 224 valence electrons. The van der Waals surface area contributed by atoms with Crippen LogP contribution in [0.3, 0.4) is 0 Å². The Hall–Kier alpha value is -4.71. The summed E-state index contributed by atoms with van der Waals surface area (Å²) in [6.07, 6.45) is 0. The highest BCUT2D eigenvalue weighted by Crippen LogP contribution is 2.40. The number of aromatic hydroxyl groups is 1. The fourth-order valence-corrected chi connectivity index (χ4v) is 4.72. The van der Waals surface area contributed by atoms with Crippen molar-refractivity contribution in [2.45, 2.75) is 33.6 Å². The zero-order chi connectivity index (χ0) is 30.8. The number of carbonyl (C=O) groups excluding carboxylic acids is 3. The normalized spacial score (nSPS) is 14.8. The molecule has 2 aromatic carbocycles. The Morgan fingerprint density at radius 1 is 0.976 bits per heavy atom. The summed E-state index contributed by atoms with van der Waals surface area (Å²) in [7, 11) is 0. The Labute approximate surface area is 244 Å². The maximum Gasteiger partial charge on any atom is 0.336 e. The van der Waals surface area contributed by atoms with Crippen molar-refractivity contribution in [3.05, 3.63) is 92.3 Å². The first-order valence-electron chi connectivity index (χ1n) is 13.6. The van der Waals surface area contributed by atoms with E-state index >= 15 is 0 Å². The van der Waals surface area contributed by atoms with Crippen LogP contribution in [0, 0.1) is 10.1 Å². The molecule has 0 fully saturated rings. The first kappa shape index (κ1) is 31.8. The molecule has 2 aromatic rings. The van der Waals surface area contributed by atoms with Gasteiger partial charge in [-0.1, -0.05) is 38.1 Å². The maximum absolute atomic E-state index is 13.4. The molecule has 42 heavy (non-hydrogen) atoms. The number of nitrogens with zero attached hydrogens (tertiary/aromatic N) is 2. The summed E-state index contributed by atoms with van der Waals surface area (Å²) in [6, 6.07) is 11.8. The lowest BCUT2D eigenvalue weighted by atomic mass is 9.80. The quantitative estimate of drug-likeness (QED) is 0.139. The molecule has 0 saturated carbocycles. The van der Waals surface area contributed by atoms with Gasteiger partial charge in [-0.3, -0.25) is 14.9 Å². The number of nitrogens with one attached hydrogen (secondary N) is 2. The van der Waals surface area contributed by atoms with Crippen LogP contribution in [-0.2, 0) is 19.1 Å². The summed E-state index contributed by atoms with van der Waals surface area (Å²) >= 11 is 0. The number of phenols is 1. The second-order valence-corrected chi connectivity index (χ2v) is 9.56. The number of carbonyl (C=O) groups is 3. The number of esters is 2. The Kier molecular flexibility index (Phi) is 11.2. The molecular formula is C30H36N4O8. The molecular weight excluding hydrogens is 544 g/mol. The van der Waals surface area contributed by atoms with E-state index in [1.807, 2.05) is 13.8 Å². The van der Waals surface area contributed by atoms with Crippen LogP contribution in [0.25, 0.3) is 0 Å². The predicted octanol–water partition coefficient (Wildman–Crippen LogP) is 3.39. The van der Waals surface area contributed by atoms with E-state index in [1.54, 1.807) is 32.0 Å². The Morgan fingerprint density at radius 2 is 1.60 bits per heavy atom. The SMILES string of the molecule is CCN(CC)CCOC(=O)C1=C(C)NC(C)=C(C(=O)OCCNC(=O)c2ccccc2O)C1c1cccc([N+](=O)[O-])c1. The second-order valence-electron chi connectivity index (χ2n) is 9.56. The summed E-state index contributed by atoms with van der Waals surface area (Å²) in [6.45, 7) is 9.30. The number of nitro benzene ring substituents is 1. The van der Waals surface area contributed by atoms with Gasteiger partial charge in [-0.25, -0.2) is 9.59 Å². The average molecular weight is 581 g/mol. The number of phenolic OH excluding ortho intramolecular Hbond substituents is 1. The number of hydrogen-bond acceptors (Lipinski definition) is 10. The van der Waals surface area contributed by atoms with Crippen molar-refractivity contribution in [3.8, 4) is 5.75 Å². The third-order valence-electron chi connectivity index (χ3n) is 6.92. The molecule has 3 rings (SSSR count).